The molecular weight excluding hydrogens is 314 g/mol. The van der Waals surface area contributed by atoms with E-state index in [1.54, 1.807) is 6.26 Å². The molecule has 25 heavy (non-hydrogen) atoms. The van der Waals surface area contributed by atoms with Crippen LogP contribution in [-0.2, 0) is 20.0 Å². The summed E-state index contributed by atoms with van der Waals surface area (Å²) in [6.07, 6.45) is 8.26. The van der Waals surface area contributed by atoms with E-state index >= 15 is 0 Å². The van der Waals surface area contributed by atoms with Crippen molar-refractivity contribution in [3.63, 3.8) is 0 Å². The van der Waals surface area contributed by atoms with Gasteiger partial charge in [-0.25, -0.2) is 0 Å². The van der Waals surface area contributed by atoms with E-state index in [-0.39, 0.29) is 0 Å². The topological polar surface area (TPSA) is 40.7 Å². The Bertz CT molecular complexity index is 659. The summed E-state index contributed by atoms with van der Waals surface area (Å²) in [5.74, 6) is 1.07. The number of furan rings is 1. The van der Waals surface area contributed by atoms with Crippen LogP contribution < -0.4 is 0 Å². The molecule has 0 unspecified atom stereocenters. The van der Waals surface area contributed by atoms with Gasteiger partial charge in [-0.1, -0.05) is 0 Å². The molecule has 0 N–H and O–H groups in total. The van der Waals surface area contributed by atoms with Crippen molar-refractivity contribution < 1.29 is 4.42 Å². The third-order valence-electron chi connectivity index (χ3n) is 5.77. The molecule has 2 saturated heterocycles. The minimum absolute atomic E-state index is 0.526. The maximum Gasteiger partial charge on any atom is 0.117 e. The number of aromatic nitrogens is 2. The molecule has 4 heterocycles. The Morgan fingerprint density at radius 2 is 2.00 bits per heavy atom. The van der Waals surface area contributed by atoms with Crippen molar-refractivity contribution in [1.82, 2.24) is 24.5 Å². The highest BCUT2D eigenvalue weighted by Crippen LogP contribution is 2.28. The van der Waals surface area contributed by atoms with Gasteiger partial charge in [0.1, 0.15) is 5.76 Å². The van der Waals surface area contributed by atoms with Crippen molar-refractivity contribution in [2.45, 2.75) is 31.5 Å². The van der Waals surface area contributed by atoms with Gasteiger partial charge in [0, 0.05) is 58.1 Å². The maximum absolute atomic E-state index is 5.61. The second-order valence-corrected chi connectivity index (χ2v) is 7.54. The molecule has 2 atom stereocenters. The average Bonchev–Trinajstić information content (AvgIpc) is 3.33. The molecule has 2 aliphatic heterocycles. The Morgan fingerprint density at radius 1 is 1.16 bits per heavy atom. The first-order chi connectivity index (χ1) is 12.2. The van der Waals surface area contributed by atoms with Gasteiger partial charge in [0.15, 0.2) is 0 Å². The molecule has 2 aromatic rings. The lowest BCUT2D eigenvalue weighted by atomic mass is 10.00. The van der Waals surface area contributed by atoms with Crippen molar-refractivity contribution in [2.75, 3.05) is 39.8 Å². The number of likely N-dealkylation sites (tertiary alicyclic amines) is 1. The summed E-state index contributed by atoms with van der Waals surface area (Å²) < 4.78 is 7.52. The molecule has 0 spiro atoms. The lowest BCUT2D eigenvalue weighted by Gasteiger charge is -2.40. The van der Waals surface area contributed by atoms with Gasteiger partial charge in [-0.05, 0) is 37.6 Å². The molecule has 2 aromatic heterocycles. The highest BCUT2D eigenvalue weighted by Gasteiger charge is 2.38. The number of piperazine rings is 1. The molecule has 0 bridgehead atoms. The number of nitrogens with zero attached hydrogens (tertiary/aromatic N) is 5. The standard InChI is InChI=1S/C19H29N5O/c1-21-7-9-23(10-8-21)18-5-6-24(15-17-4-3-11-25-17)19(18)12-16-13-20-22(2)14-16/h3-4,11,13-14,18-19H,5-10,12,15H2,1-2H3/t18-,19+/m1/s1. The number of rotatable bonds is 5. The number of hydrogen-bond donors (Lipinski definition) is 0. The van der Waals surface area contributed by atoms with E-state index in [1.165, 1.54) is 38.2 Å². The highest BCUT2D eigenvalue weighted by molar-refractivity contribution is 5.11. The summed E-state index contributed by atoms with van der Waals surface area (Å²) in [5.41, 5.74) is 1.33. The van der Waals surface area contributed by atoms with Crippen LogP contribution in [0.3, 0.4) is 0 Å². The third-order valence-corrected chi connectivity index (χ3v) is 5.77. The summed E-state index contributed by atoms with van der Waals surface area (Å²) in [6, 6.07) is 5.23. The van der Waals surface area contributed by atoms with Gasteiger partial charge in [0.2, 0.25) is 0 Å². The van der Waals surface area contributed by atoms with Crippen LogP contribution in [0.2, 0.25) is 0 Å². The van der Waals surface area contributed by atoms with Crippen LogP contribution in [0.4, 0.5) is 0 Å². The molecule has 2 aliphatic rings. The summed E-state index contributed by atoms with van der Waals surface area (Å²) in [4.78, 5) is 7.75. The summed E-state index contributed by atoms with van der Waals surface area (Å²) >= 11 is 0. The summed E-state index contributed by atoms with van der Waals surface area (Å²) in [7, 11) is 4.22. The van der Waals surface area contributed by atoms with Crippen molar-refractivity contribution >= 4 is 0 Å². The zero-order valence-electron chi connectivity index (χ0n) is 15.3. The van der Waals surface area contributed by atoms with Crippen LogP contribution in [0.15, 0.2) is 35.2 Å². The zero-order valence-corrected chi connectivity index (χ0v) is 15.3. The summed E-state index contributed by atoms with van der Waals surface area (Å²) in [5, 5.41) is 4.37. The van der Waals surface area contributed by atoms with Crippen LogP contribution in [0.5, 0.6) is 0 Å². The Labute approximate surface area is 150 Å². The molecule has 0 radical (unpaired) electrons. The monoisotopic (exact) mass is 343 g/mol. The fraction of sp³-hybridized carbons (Fsp3) is 0.632. The second kappa shape index (κ2) is 7.32. The average molecular weight is 343 g/mol. The molecule has 6 heteroatoms. The maximum atomic E-state index is 5.61. The predicted molar refractivity (Wildman–Crippen MR) is 97.3 cm³/mol. The molecule has 6 nitrogen and oxygen atoms in total. The predicted octanol–water partition coefficient (Wildman–Crippen LogP) is 1.45. The second-order valence-electron chi connectivity index (χ2n) is 7.54. The normalized spacial score (nSPS) is 26.5. The van der Waals surface area contributed by atoms with Gasteiger partial charge in [-0.3, -0.25) is 14.5 Å². The largest absolute Gasteiger partial charge is 0.468 e. The molecule has 0 aliphatic carbocycles. The lowest BCUT2D eigenvalue weighted by Crippen LogP contribution is -2.53. The van der Waals surface area contributed by atoms with Crippen LogP contribution in [0.1, 0.15) is 17.7 Å². The minimum Gasteiger partial charge on any atom is -0.468 e. The highest BCUT2D eigenvalue weighted by atomic mass is 16.3. The number of likely N-dealkylation sites (N-methyl/N-ethyl adjacent to an activating group) is 1. The van der Waals surface area contributed by atoms with Gasteiger partial charge in [-0.2, -0.15) is 5.10 Å². The molecule has 4 rings (SSSR count). The van der Waals surface area contributed by atoms with Gasteiger partial charge in [0.05, 0.1) is 19.0 Å². The molecule has 136 valence electrons. The van der Waals surface area contributed by atoms with Crippen LogP contribution >= 0.6 is 0 Å². The fourth-order valence-electron chi connectivity index (χ4n) is 4.36. The van der Waals surface area contributed by atoms with E-state index in [9.17, 15) is 0 Å². The van der Waals surface area contributed by atoms with Gasteiger partial charge in [-0.15, -0.1) is 0 Å². The Kier molecular flexibility index (Phi) is 4.92. The van der Waals surface area contributed by atoms with Crippen molar-refractivity contribution in [3.8, 4) is 0 Å². The Balaban J connectivity index is 1.50. The van der Waals surface area contributed by atoms with Gasteiger partial charge in [0.25, 0.3) is 0 Å². The van der Waals surface area contributed by atoms with E-state index < -0.39 is 0 Å². The van der Waals surface area contributed by atoms with E-state index in [2.05, 4.69) is 39.1 Å². The third kappa shape index (κ3) is 3.81. The smallest absolute Gasteiger partial charge is 0.117 e. The molecule has 2 fully saturated rings. The molecule has 0 saturated carbocycles. The van der Waals surface area contributed by atoms with Gasteiger partial charge < -0.3 is 9.32 Å². The number of hydrogen-bond acceptors (Lipinski definition) is 5. The minimum atomic E-state index is 0.526. The van der Waals surface area contributed by atoms with Crippen LogP contribution in [0, 0.1) is 0 Å². The SMILES string of the molecule is CN1CCN([C@@H]2CCN(Cc3ccco3)[C@H]2Cc2cnn(C)c2)CC1. The Hall–Kier alpha value is -1.63. The molecular formula is C19H29N5O. The summed E-state index contributed by atoms with van der Waals surface area (Å²) in [6.45, 7) is 6.76. The first-order valence-corrected chi connectivity index (χ1v) is 9.35. The van der Waals surface area contributed by atoms with Crippen molar-refractivity contribution in [2.24, 2.45) is 7.05 Å². The number of aryl methyl sites for hydroxylation is 1. The lowest BCUT2D eigenvalue weighted by molar-refractivity contribution is 0.0835. The van der Waals surface area contributed by atoms with E-state index in [1.807, 2.05) is 24.0 Å². The van der Waals surface area contributed by atoms with E-state index in [0.29, 0.717) is 12.1 Å². The van der Waals surface area contributed by atoms with Crippen LogP contribution in [-0.4, -0.2) is 76.3 Å². The Morgan fingerprint density at radius 3 is 2.68 bits per heavy atom. The van der Waals surface area contributed by atoms with E-state index in [4.69, 9.17) is 4.42 Å². The quantitative estimate of drug-likeness (QED) is 0.822. The van der Waals surface area contributed by atoms with E-state index in [0.717, 1.165) is 25.3 Å². The fourth-order valence-corrected chi connectivity index (χ4v) is 4.36. The van der Waals surface area contributed by atoms with Crippen LogP contribution in [0.25, 0.3) is 0 Å². The molecule has 0 aromatic carbocycles. The first kappa shape index (κ1) is 16.8. The van der Waals surface area contributed by atoms with Gasteiger partial charge >= 0.3 is 0 Å². The molecule has 0 amide bonds. The zero-order chi connectivity index (χ0) is 17.2. The van der Waals surface area contributed by atoms with Crippen molar-refractivity contribution in [3.05, 3.63) is 42.1 Å². The first-order valence-electron chi connectivity index (χ1n) is 9.35. The van der Waals surface area contributed by atoms with Crippen molar-refractivity contribution in [1.29, 1.82) is 0 Å².